The molecule has 1 rings (SSSR count). The number of carbonyl (C=O) groups is 1. The number of carbonyl (C=O) groups excluding carboxylic acids is 1. The highest BCUT2D eigenvalue weighted by Gasteiger charge is 2.15. The van der Waals surface area contributed by atoms with Gasteiger partial charge in [0.25, 0.3) is 0 Å². The zero-order chi connectivity index (χ0) is 8.97. The molecule has 68 valence electrons. The summed E-state index contributed by atoms with van der Waals surface area (Å²) >= 11 is 0. The average molecular weight is 169 g/mol. The van der Waals surface area contributed by atoms with Crippen molar-refractivity contribution in [2.24, 2.45) is 0 Å². The van der Waals surface area contributed by atoms with Crippen LogP contribution in [0.2, 0.25) is 0 Å². The summed E-state index contributed by atoms with van der Waals surface area (Å²) in [5, 5.41) is 0. The molecule has 0 fully saturated rings. The second kappa shape index (κ2) is 4.14. The smallest absolute Gasteiger partial charge is 0.353 e. The van der Waals surface area contributed by atoms with Crippen LogP contribution in [0.4, 0.5) is 0 Å². The minimum atomic E-state index is -0.223. The van der Waals surface area contributed by atoms with Crippen LogP contribution in [-0.4, -0.2) is 31.6 Å². The van der Waals surface area contributed by atoms with Crippen LogP contribution in [0.5, 0.6) is 0 Å². The summed E-state index contributed by atoms with van der Waals surface area (Å²) in [7, 11) is 3.34. The second-order valence-corrected chi connectivity index (χ2v) is 3.00. The lowest BCUT2D eigenvalue weighted by Crippen LogP contribution is -2.24. The normalized spacial score (nSPS) is 18.2. The van der Waals surface area contributed by atoms with Gasteiger partial charge >= 0.3 is 5.97 Å². The number of likely N-dealkylation sites (N-methyl/N-ethyl adjacent to an activating group) is 1. The summed E-state index contributed by atoms with van der Waals surface area (Å²) in [6.45, 7) is 0.945. The molecule has 3 nitrogen and oxygen atoms in total. The Kier molecular flexibility index (Phi) is 3.14. The maximum absolute atomic E-state index is 11.2. The molecular weight excluding hydrogens is 154 g/mol. The van der Waals surface area contributed by atoms with E-state index in [1.165, 1.54) is 7.11 Å². The maximum atomic E-state index is 11.2. The third kappa shape index (κ3) is 2.00. The summed E-state index contributed by atoms with van der Waals surface area (Å²) in [6, 6.07) is 0. The van der Waals surface area contributed by atoms with Crippen LogP contribution >= 0.6 is 0 Å². The number of methoxy groups -OCH3 is 1. The van der Waals surface area contributed by atoms with Crippen LogP contribution in [0.3, 0.4) is 0 Å². The molecule has 3 heteroatoms. The molecule has 0 radical (unpaired) electrons. The highest BCUT2D eigenvalue weighted by molar-refractivity contribution is 5.87. The van der Waals surface area contributed by atoms with E-state index in [-0.39, 0.29) is 5.97 Å². The molecular formula is C9H15NO2. The van der Waals surface area contributed by atoms with Gasteiger partial charge in [0, 0.05) is 13.6 Å². The summed E-state index contributed by atoms with van der Waals surface area (Å²) in [4.78, 5) is 13.2. The van der Waals surface area contributed by atoms with Gasteiger partial charge < -0.3 is 9.64 Å². The molecule has 0 unspecified atom stereocenters. The fourth-order valence-electron chi connectivity index (χ4n) is 1.35. The Bertz CT molecular complexity index is 199. The Morgan fingerprint density at radius 2 is 2.33 bits per heavy atom. The van der Waals surface area contributed by atoms with Crippen molar-refractivity contribution in [3.05, 3.63) is 11.8 Å². The van der Waals surface area contributed by atoms with Gasteiger partial charge in [-0.15, -0.1) is 0 Å². The van der Waals surface area contributed by atoms with Crippen LogP contribution in [0.15, 0.2) is 11.8 Å². The third-order valence-corrected chi connectivity index (χ3v) is 2.09. The molecule has 0 aromatic rings. The monoisotopic (exact) mass is 169 g/mol. The number of rotatable bonds is 1. The molecule has 0 N–H and O–H groups in total. The zero-order valence-corrected chi connectivity index (χ0v) is 7.67. The van der Waals surface area contributed by atoms with E-state index in [1.807, 2.05) is 18.0 Å². The van der Waals surface area contributed by atoms with Gasteiger partial charge in [-0.3, -0.25) is 0 Å². The van der Waals surface area contributed by atoms with Crippen LogP contribution < -0.4 is 0 Å². The van der Waals surface area contributed by atoms with Gasteiger partial charge in [-0.2, -0.15) is 0 Å². The SMILES string of the molecule is COC(=O)C1=CCCCCN1C. The van der Waals surface area contributed by atoms with E-state index >= 15 is 0 Å². The van der Waals surface area contributed by atoms with Gasteiger partial charge in [-0.1, -0.05) is 6.08 Å². The van der Waals surface area contributed by atoms with E-state index in [0.29, 0.717) is 5.70 Å². The topological polar surface area (TPSA) is 29.5 Å². The Morgan fingerprint density at radius 1 is 1.58 bits per heavy atom. The van der Waals surface area contributed by atoms with E-state index in [9.17, 15) is 4.79 Å². The van der Waals surface area contributed by atoms with Crippen molar-refractivity contribution < 1.29 is 9.53 Å². The fraction of sp³-hybridized carbons (Fsp3) is 0.667. The van der Waals surface area contributed by atoms with Gasteiger partial charge in [-0.05, 0) is 19.3 Å². The van der Waals surface area contributed by atoms with E-state index in [1.54, 1.807) is 0 Å². The van der Waals surface area contributed by atoms with E-state index in [2.05, 4.69) is 4.74 Å². The van der Waals surface area contributed by atoms with Crippen molar-refractivity contribution in [1.29, 1.82) is 0 Å². The average Bonchev–Trinajstić information content (AvgIpc) is 2.28. The first kappa shape index (κ1) is 9.10. The molecule has 1 heterocycles. The number of nitrogens with zero attached hydrogens (tertiary/aromatic N) is 1. The van der Waals surface area contributed by atoms with Crippen LogP contribution in [0.1, 0.15) is 19.3 Å². The Balaban J connectivity index is 2.69. The molecule has 0 aromatic heterocycles. The molecule has 0 aromatic carbocycles. The Hall–Kier alpha value is -0.990. The first-order chi connectivity index (χ1) is 5.75. The highest BCUT2D eigenvalue weighted by atomic mass is 16.5. The first-order valence-corrected chi connectivity index (χ1v) is 4.25. The molecule has 0 spiro atoms. The van der Waals surface area contributed by atoms with E-state index in [0.717, 1.165) is 25.8 Å². The molecule has 0 atom stereocenters. The lowest BCUT2D eigenvalue weighted by atomic mass is 10.2. The van der Waals surface area contributed by atoms with Crippen molar-refractivity contribution in [2.45, 2.75) is 19.3 Å². The van der Waals surface area contributed by atoms with Crippen LogP contribution in [-0.2, 0) is 9.53 Å². The molecule has 12 heavy (non-hydrogen) atoms. The lowest BCUT2D eigenvalue weighted by molar-refractivity contribution is -0.137. The number of hydrogen-bond donors (Lipinski definition) is 0. The standard InChI is InChI=1S/C9H15NO2/c1-10-7-5-3-4-6-8(10)9(11)12-2/h6H,3-5,7H2,1-2H3. The predicted molar refractivity (Wildman–Crippen MR) is 46.6 cm³/mol. The molecule has 0 saturated carbocycles. The molecule has 0 saturated heterocycles. The zero-order valence-electron chi connectivity index (χ0n) is 7.67. The van der Waals surface area contributed by atoms with Gasteiger partial charge in [-0.25, -0.2) is 4.79 Å². The third-order valence-electron chi connectivity index (χ3n) is 2.09. The van der Waals surface area contributed by atoms with Crippen molar-refractivity contribution >= 4 is 5.97 Å². The molecule has 1 aliphatic heterocycles. The number of hydrogen-bond acceptors (Lipinski definition) is 3. The van der Waals surface area contributed by atoms with Gasteiger partial charge in [0.2, 0.25) is 0 Å². The van der Waals surface area contributed by atoms with Crippen LogP contribution in [0, 0.1) is 0 Å². The largest absolute Gasteiger partial charge is 0.464 e. The predicted octanol–water partition coefficient (Wildman–Crippen LogP) is 1.16. The van der Waals surface area contributed by atoms with Crippen molar-refractivity contribution in [3.8, 4) is 0 Å². The molecule has 0 amide bonds. The molecule has 0 bridgehead atoms. The quantitative estimate of drug-likeness (QED) is 0.552. The summed E-state index contributed by atoms with van der Waals surface area (Å²) in [5.41, 5.74) is 0.704. The van der Waals surface area contributed by atoms with Crippen molar-refractivity contribution in [1.82, 2.24) is 4.90 Å². The van der Waals surface area contributed by atoms with Crippen molar-refractivity contribution in [2.75, 3.05) is 20.7 Å². The van der Waals surface area contributed by atoms with Crippen molar-refractivity contribution in [3.63, 3.8) is 0 Å². The van der Waals surface area contributed by atoms with E-state index < -0.39 is 0 Å². The summed E-state index contributed by atoms with van der Waals surface area (Å²) in [6.07, 6.45) is 5.24. The first-order valence-electron chi connectivity index (χ1n) is 4.25. The van der Waals surface area contributed by atoms with Gasteiger partial charge in [0.15, 0.2) is 0 Å². The number of esters is 1. The number of allylic oxidation sites excluding steroid dienone is 1. The molecule has 1 aliphatic rings. The highest BCUT2D eigenvalue weighted by Crippen LogP contribution is 2.13. The van der Waals surface area contributed by atoms with E-state index in [4.69, 9.17) is 0 Å². The second-order valence-electron chi connectivity index (χ2n) is 3.00. The fourth-order valence-corrected chi connectivity index (χ4v) is 1.35. The number of ether oxygens (including phenoxy) is 1. The minimum absolute atomic E-state index is 0.223. The molecule has 0 aliphatic carbocycles. The summed E-state index contributed by atoms with van der Waals surface area (Å²) in [5.74, 6) is -0.223. The van der Waals surface area contributed by atoms with Crippen LogP contribution in [0.25, 0.3) is 0 Å². The minimum Gasteiger partial charge on any atom is -0.464 e. The van der Waals surface area contributed by atoms with Gasteiger partial charge in [0.05, 0.1) is 7.11 Å². The maximum Gasteiger partial charge on any atom is 0.353 e. The lowest BCUT2D eigenvalue weighted by Gasteiger charge is -2.18. The Morgan fingerprint density at radius 3 is 3.00 bits per heavy atom. The Labute approximate surface area is 73.0 Å². The summed E-state index contributed by atoms with van der Waals surface area (Å²) < 4.78 is 4.67. The van der Waals surface area contributed by atoms with Gasteiger partial charge in [0.1, 0.15) is 5.70 Å².